The fourth-order valence-electron chi connectivity index (χ4n) is 4.72. The highest BCUT2D eigenvalue weighted by Gasteiger charge is 2.30. The average Bonchev–Trinajstić information content (AvgIpc) is 3.58. The zero-order valence-corrected chi connectivity index (χ0v) is 22.3. The molecule has 5 rings (SSSR count). The van der Waals surface area contributed by atoms with E-state index in [1.54, 1.807) is 42.4 Å². The lowest BCUT2D eigenvalue weighted by Gasteiger charge is -2.36. The predicted molar refractivity (Wildman–Crippen MR) is 144 cm³/mol. The molecule has 2 N–H and O–H groups in total. The maximum atomic E-state index is 13.1. The molecule has 3 atom stereocenters. The van der Waals surface area contributed by atoms with Gasteiger partial charge in [0, 0.05) is 49.3 Å². The summed E-state index contributed by atoms with van der Waals surface area (Å²) in [4.78, 5) is 23.0. The van der Waals surface area contributed by atoms with Gasteiger partial charge in [-0.1, -0.05) is 30.0 Å². The van der Waals surface area contributed by atoms with Crippen molar-refractivity contribution in [3.8, 4) is 0 Å². The van der Waals surface area contributed by atoms with Gasteiger partial charge in [0.25, 0.3) is 10.0 Å². The Labute approximate surface area is 213 Å². The number of benzene rings is 1. The van der Waals surface area contributed by atoms with Crippen molar-refractivity contribution in [3.05, 3.63) is 47.5 Å². The molecule has 0 spiro atoms. The first kappa shape index (κ1) is 24.4. The summed E-state index contributed by atoms with van der Waals surface area (Å²) in [5.74, 6) is 0.179. The van der Waals surface area contributed by atoms with Gasteiger partial charge in [0.2, 0.25) is 5.91 Å². The molecule has 0 bridgehead atoms. The van der Waals surface area contributed by atoms with E-state index >= 15 is 0 Å². The van der Waals surface area contributed by atoms with Crippen LogP contribution in [0.15, 0.2) is 51.0 Å². The van der Waals surface area contributed by atoms with Crippen LogP contribution in [0.25, 0.3) is 10.9 Å². The number of carbonyl (C=O) groups excluding carboxylic acids is 1. The quantitative estimate of drug-likeness (QED) is 0.507. The minimum atomic E-state index is -3.64. The lowest BCUT2D eigenvalue weighted by molar-refractivity contribution is -0.132. The molecule has 35 heavy (non-hydrogen) atoms. The third-order valence-corrected chi connectivity index (χ3v) is 10.7. The van der Waals surface area contributed by atoms with Crippen molar-refractivity contribution in [1.29, 1.82) is 0 Å². The van der Waals surface area contributed by atoms with Crippen molar-refractivity contribution in [2.75, 3.05) is 31.0 Å². The molecule has 1 saturated heterocycles. The summed E-state index contributed by atoms with van der Waals surface area (Å²) in [7, 11) is -2.07. The average molecular weight is 532 g/mol. The van der Waals surface area contributed by atoms with Gasteiger partial charge in [-0.05, 0) is 37.4 Å². The number of piperazine rings is 1. The van der Waals surface area contributed by atoms with Crippen LogP contribution in [-0.2, 0) is 14.8 Å². The summed E-state index contributed by atoms with van der Waals surface area (Å²) >= 11 is 2.82. The lowest BCUT2D eigenvalue weighted by Crippen LogP contribution is -2.56. The molecule has 1 fully saturated rings. The number of sulfonamides is 1. The maximum absolute atomic E-state index is 13.1. The number of rotatable bonds is 6. The molecule has 11 heteroatoms. The van der Waals surface area contributed by atoms with Gasteiger partial charge < -0.3 is 15.2 Å². The highest BCUT2D eigenvalue weighted by atomic mass is 32.2. The Morgan fingerprint density at radius 2 is 1.97 bits per heavy atom. The van der Waals surface area contributed by atoms with Gasteiger partial charge in [-0.3, -0.25) is 14.1 Å². The minimum Gasteiger partial charge on any atom is -0.351 e. The van der Waals surface area contributed by atoms with Crippen LogP contribution >= 0.6 is 23.1 Å². The number of para-hydroxylation sites is 1. The summed E-state index contributed by atoms with van der Waals surface area (Å²) in [5.41, 5.74) is 2.18. The van der Waals surface area contributed by atoms with Crippen molar-refractivity contribution in [1.82, 2.24) is 15.2 Å². The molecule has 2 aliphatic heterocycles. The first-order valence-corrected chi connectivity index (χ1v) is 14.8. The van der Waals surface area contributed by atoms with Gasteiger partial charge in [-0.25, -0.2) is 8.42 Å². The molecule has 1 amide bonds. The summed E-state index contributed by atoms with van der Waals surface area (Å²) in [6, 6.07) is 11.6. The van der Waals surface area contributed by atoms with Crippen LogP contribution in [0, 0.1) is 0 Å². The van der Waals surface area contributed by atoms with Crippen LogP contribution in [0.3, 0.4) is 0 Å². The van der Waals surface area contributed by atoms with E-state index in [2.05, 4.69) is 24.1 Å². The summed E-state index contributed by atoms with van der Waals surface area (Å²) in [6.07, 6.45) is 0.463. The van der Waals surface area contributed by atoms with Crippen molar-refractivity contribution < 1.29 is 13.2 Å². The molecule has 1 aromatic carbocycles. The number of carbonyl (C=O) groups is 1. The number of hydrogen-bond acceptors (Lipinski definition) is 7. The third-order valence-electron chi connectivity index (χ3n) is 6.34. The van der Waals surface area contributed by atoms with E-state index in [-0.39, 0.29) is 11.2 Å². The van der Waals surface area contributed by atoms with Crippen molar-refractivity contribution >= 4 is 60.7 Å². The zero-order chi connectivity index (χ0) is 24.7. The van der Waals surface area contributed by atoms with E-state index in [0.717, 1.165) is 34.7 Å². The number of aliphatic imine (C=N–C) groups is 1. The van der Waals surface area contributed by atoms with Crippen molar-refractivity contribution in [3.63, 3.8) is 0 Å². The first-order valence-electron chi connectivity index (χ1n) is 11.6. The number of nitrogens with zero attached hydrogens (tertiary/aromatic N) is 3. The Bertz CT molecular complexity index is 1360. The fraction of sp³-hybridized carbons (Fsp3) is 0.417. The highest BCUT2D eigenvalue weighted by molar-refractivity contribution is 8.15. The molecular formula is C24H29N5O3S3. The van der Waals surface area contributed by atoms with Crippen LogP contribution in [0.5, 0.6) is 0 Å². The van der Waals surface area contributed by atoms with Crippen LogP contribution in [-0.4, -0.2) is 73.3 Å². The number of hydrogen-bond donors (Lipinski definition) is 2. The standard InChI is InChI=1S/C24H29N5O3S3/c1-15-13-29(14-16(2)26-15)21(30)11-18-12-25-24(34-18)19-10-17-6-4-7-20(23(17)27-19)28(3)35(31,32)22-8-5-9-33-22/h4-10,15-16,18,26-27H,11-14H2,1-3H3/t15-,16+,18?. The van der Waals surface area contributed by atoms with E-state index in [4.69, 9.17) is 4.99 Å². The van der Waals surface area contributed by atoms with Gasteiger partial charge in [0.15, 0.2) is 0 Å². The molecule has 0 radical (unpaired) electrons. The summed E-state index contributed by atoms with van der Waals surface area (Å²) in [6.45, 7) is 6.28. The number of fused-ring (bicyclic) bond motifs is 1. The monoisotopic (exact) mass is 531 g/mol. The van der Waals surface area contributed by atoms with E-state index in [9.17, 15) is 13.2 Å². The molecule has 8 nitrogen and oxygen atoms in total. The second-order valence-corrected chi connectivity index (χ2v) is 13.6. The summed E-state index contributed by atoms with van der Waals surface area (Å²) < 4.78 is 27.8. The highest BCUT2D eigenvalue weighted by Crippen LogP contribution is 2.34. The minimum absolute atomic E-state index is 0.103. The Morgan fingerprint density at radius 1 is 1.20 bits per heavy atom. The predicted octanol–water partition coefficient (Wildman–Crippen LogP) is 3.52. The molecule has 3 aromatic rings. The van der Waals surface area contributed by atoms with Gasteiger partial charge in [-0.2, -0.15) is 0 Å². The Kier molecular flexibility index (Phi) is 6.69. The Balaban J connectivity index is 1.31. The number of amides is 1. The van der Waals surface area contributed by atoms with Gasteiger partial charge >= 0.3 is 0 Å². The van der Waals surface area contributed by atoms with E-state index in [1.165, 1.54) is 15.6 Å². The van der Waals surface area contributed by atoms with Crippen LogP contribution in [0.2, 0.25) is 0 Å². The Hall–Kier alpha value is -2.34. The molecule has 4 heterocycles. The number of aromatic nitrogens is 1. The van der Waals surface area contributed by atoms with Crippen LogP contribution in [0.1, 0.15) is 26.0 Å². The lowest BCUT2D eigenvalue weighted by atomic mass is 10.1. The van der Waals surface area contributed by atoms with E-state index in [1.807, 2.05) is 23.1 Å². The molecule has 2 aromatic heterocycles. The topological polar surface area (TPSA) is 97.9 Å². The number of aromatic amines is 1. The van der Waals surface area contributed by atoms with Gasteiger partial charge in [0.05, 0.1) is 23.4 Å². The zero-order valence-electron chi connectivity index (χ0n) is 19.9. The number of thiophene rings is 1. The number of thioether (sulfide) groups is 1. The van der Waals surface area contributed by atoms with E-state index < -0.39 is 10.0 Å². The smallest absolute Gasteiger partial charge is 0.273 e. The van der Waals surface area contributed by atoms with Gasteiger partial charge in [-0.15, -0.1) is 11.3 Å². The van der Waals surface area contributed by atoms with Crippen molar-refractivity contribution in [2.24, 2.45) is 4.99 Å². The van der Waals surface area contributed by atoms with E-state index in [0.29, 0.717) is 34.9 Å². The van der Waals surface area contributed by atoms with Gasteiger partial charge in [0.1, 0.15) is 9.25 Å². The number of nitrogens with one attached hydrogen (secondary N) is 2. The molecule has 0 aliphatic carbocycles. The second-order valence-electron chi connectivity index (χ2n) is 9.19. The molecule has 1 unspecified atom stereocenters. The Morgan fingerprint density at radius 3 is 2.69 bits per heavy atom. The SMILES string of the molecule is C[C@@H]1CN(C(=O)CC2CN=C(c3cc4cccc(N(C)S(=O)(=O)c5cccs5)c4[nH]3)S2)C[C@H](C)N1. The molecular weight excluding hydrogens is 502 g/mol. The summed E-state index contributed by atoms with van der Waals surface area (Å²) in [5, 5.41) is 7.09. The third kappa shape index (κ3) is 4.87. The number of H-pyrrole nitrogens is 1. The molecule has 2 aliphatic rings. The largest absolute Gasteiger partial charge is 0.351 e. The second kappa shape index (κ2) is 9.61. The van der Waals surface area contributed by atoms with Crippen molar-refractivity contribution in [2.45, 2.75) is 41.8 Å². The van der Waals surface area contributed by atoms with Crippen LogP contribution in [0.4, 0.5) is 5.69 Å². The first-order chi connectivity index (χ1) is 16.7. The molecule has 0 saturated carbocycles. The normalized spacial score (nSPS) is 23.0. The van der Waals surface area contributed by atoms with Crippen LogP contribution < -0.4 is 9.62 Å². The maximum Gasteiger partial charge on any atom is 0.273 e. The number of anilines is 1. The fourth-order valence-corrected chi connectivity index (χ4v) is 8.16. The molecule has 186 valence electrons.